The van der Waals surface area contributed by atoms with Crippen LogP contribution in [0, 0.1) is 5.92 Å². The van der Waals surface area contributed by atoms with Crippen molar-refractivity contribution < 1.29 is 81.2 Å². The van der Waals surface area contributed by atoms with Gasteiger partial charge in [0.05, 0.1) is 19.8 Å². The Morgan fingerprint density at radius 2 is 0.560 bits per heavy atom. The molecule has 8 N–H and O–H groups in total. The van der Waals surface area contributed by atoms with Crippen molar-refractivity contribution in [1.29, 1.82) is 0 Å². The molecule has 2 aliphatic heterocycles. The zero-order valence-electron chi connectivity index (χ0n) is 87.6. The van der Waals surface area contributed by atoms with Gasteiger partial charge in [0.15, 0.2) is 12.5 Å². The molecule has 2 fully saturated rings. The van der Waals surface area contributed by atoms with Crippen LogP contribution in [0.1, 0.15) is 403 Å². The van der Waals surface area contributed by atoms with Crippen molar-refractivity contribution >= 4 is 21.6 Å². The van der Waals surface area contributed by atoms with Crippen molar-refractivity contribution in [1.82, 2.24) is 5.32 Å². The molecule has 2 rings (SSSR count). The highest BCUT2D eigenvalue weighted by molar-refractivity contribution is 7.61. The van der Waals surface area contributed by atoms with E-state index < -0.39 is 96.2 Å². The summed E-state index contributed by atoms with van der Waals surface area (Å²) in [5.74, 6) is -0.676. The number of halogens is 1. The first-order valence-corrected chi connectivity index (χ1v) is 53.8. The Bertz CT molecular complexity index is 4140. The van der Waals surface area contributed by atoms with Crippen LogP contribution >= 0.6 is 15.6 Å². The van der Waals surface area contributed by atoms with Crippen molar-refractivity contribution in [2.24, 2.45) is 5.92 Å². The average molecular weight is 1910 g/mol. The van der Waals surface area contributed by atoms with Crippen LogP contribution in [0.15, 0.2) is 221 Å². The second kappa shape index (κ2) is 72.6. The lowest BCUT2D eigenvalue weighted by Gasteiger charge is -2.46. The van der Waals surface area contributed by atoms with Crippen LogP contribution < -0.4 is 5.32 Å². The highest BCUT2D eigenvalue weighted by atomic mass is 31.3. The van der Waals surface area contributed by atoms with E-state index in [1.54, 1.807) is 0 Å². The molecule has 2 heterocycles. The van der Waals surface area contributed by atoms with Gasteiger partial charge in [-0.25, -0.2) is 13.5 Å². The van der Waals surface area contributed by atoms with Crippen molar-refractivity contribution in [2.45, 2.75) is 464 Å². The van der Waals surface area contributed by atoms with Crippen LogP contribution in [0.2, 0.25) is 0 Å². The molecule has 20 heteroatoms. The predicted molar refractivity (Wildman–Crippen MR) is 561 cm³/mol. The SMILES string of the molecule is CC(=O)N[C@H]1[C@H](O[C@H]2[C@H](O)[C@@H](F)[C@@H](OP(=O)(O)OP(=O)(O)OCCC(C)CC/C=C(\C)CC/C=C(\C)CC/C=C(\C)CC/C=C(\C)CC/C=C(\C)CC/C=C(\C)CC/C=C(\C)CC/C=C(\C)CC/C=C(\C)CC/C=C(\C)CC/C=C(\C)CC/C=C(\C)CC/C=C(\C)CC/C=C(\C)CC/C=C(\C)CC/C=C(\C)CC/C=C(\C)CC/C=C(\C)CCC=C(C)C)O[C@@H]2CO)O[C@H](CO)[C@@H](O)[C@@H]1O. The van der Waals surface area contributed by atoms with E-state index in [0.717, 1.165) is 232 Å². The van der Waals surface area contributed by atoms with E-state index in [4.69, 9.17) is 23.3 Å². The van der Waals surface area contributed by atoms with Crippen LogP contribution in [-0.2, 0) is 41.5 Å². The number of carbonyl (C=O) groups excluding carboxylic acids is 1. The fourth-order valence-corrected chi connectivity index (χ4v) is 18.3. The summed E-state index contributed by atoms with van der Waals surface area (Å²) in [6.45, 7) is 46.2. The van der Waals surface area contributed by atoms with Gasteiger partial charge in [-0.05, 0) is 395 Å². The summed E-state index contributed by atoms with van der Waals surface area (Å²) >= 11 is 0. The van der Waals surface area contributed by atoms with Gasteiger partial charge in [0, 0.05) is 6.92 Å². The minimum Gasteiger partial charge on any atom is -0.394 e. The lowest BCUT2D eigenvalue weighted by atomic mass is 9.95. The Morgan fingerprint density at radius 1 is 0.328 bits per heavy atom. The summed E-state index contributed by atoms with van der Waals surface area (Å²) in [5.41, 5.74) is 28.0. The number of aliphatic hydroxyl groups is 5. The van der Waals surface area contributed by atoms with Gasteiger partial charge < -0.3 is 54.8 Å². The van der Waals surface area contributed by atoms with Gasteiger partial charge in [0.25, 0.3) is 0 Å². The minimum atomic E-state index is -5.66. The summed E-state index contributed by atoms with van der Waals surface area (Å²) in [6.07, 6.45) is 70.2. The van der Waals surface area contributed by atoms with E-state index >= 15 is 4.39 Å². The molecule has 0 saturated carbocycles. The molecule has 0 spiro atoms. The van der Waals surface area contributed by atoms with Gasteiger partial charge >= 0.3 is 15.6 Å². The topological polar surface area (TPSA) is 260 Å². The molecule has 2 saturated heterocycles. The third kappa shape index (κ3) is 62.5. The Labute approximate surface area is 814 Å². The largest absolute Gasteiger partial charge is 0.483 e. The summed E-state index contributed by atoms with van der Waals surface area (Å²) in [7, 11) is -10.9. The molecule has 762 valence electrons. The van der Waals surface area contributed by atoms with Gasteiger partial charge in [0.1, 0.15) is 42.7 Å². The Morgan fingerprint density at radius 3 is 0.791 bits per heavy atom. The van der Waals surface area contributed by atoms with E-state index in [1.807, 2.05) is 6.92 Å². The summed E-state index contributed by atoms with van der Waals surface area (Å²) in [5, 5.41) is 53.8. The number of phosphoric acid groups is 2. The first-order chi connectivity index (χ1) is 63.5. The summed E-state index contributed by atoms with van der Waals surface area (Å²) < 4.78 is 71.5. The Kier molecular flexibility index (Phi) is 67.5. The maximum atomic E-state index is 15.6. The van der Waals surface area contributed by atoms with Crippen molar-refractivity contribution in [3.63, 3.8) is 0 Å². The van der Waals surface area contributed by atoms with Gasteiger partial charge in [-0.2, -0.15) is 4.31 Å². The number of nitrogens with one attached hydrogen (secondary N) is 1. The molecular formula is C114H188FNO16P2. The molecule has 0 radical (unpaired) electrons. The lowest BCUT2D eigenvalue weighted by Crippen LogP contribution is -2.67. The highest BCUT2D eigenvalue weighted by Crippen LogP contribution is 2.61. The molecule has 13 atom stereocenters. The fraction of sp³-hybridized carbons (Fsp3) is 0.658. The fourth-order valence-electron chi connectivity index (χ4n) is 16.2. The molecule has 0 aromatic rings. The van der Waals surface area contributed by atoms with Crippen LogP contribution in [0.3, 0.4) is 0 Å². The van der Waals surface area contributed by atoms with E-state index in [9.17, 15) is 49.2 Å². The molecule has 2 aliphatic rings. The first kappa shape index (κ1) is 124. The maximum absolute atomic E-state index is 15.6. The Hall–Kier alpha value is -5.60. The van der Waals surface area contributed by atoms with Crippen LogP contribution in [0.5, 0.6) is 0 Å². The Balaban J connectivity index is 1.56. The second-order valence-corrected chi connectivity index (χ2v) is 42.5. The molecule has 0 aromatic heterocycles. The molecule has 1 amide bonds. The highest BCUT2D eigenvalue weighted by Gasteiger charge is 2.54. The predicted octanol–water partition coefficient (Wildman–Crippen LogP) is 30.8. The molecule has 0 aromatic carbocycles. The number of hydrogen-bond donors (Lipinski definition) is 8. The molecule has 0 aliphatic carbocycles. The van der Waals surface area contributed by atoms with E-state index in [2.05, 4.69) is 264 Å². The van der Waals surface area contributed by atoms with Gasteiger partial charge in [-0.15, -0.1) is 0 Å². The minimum absolute atomic E-state index is 0.0252. The average Bonchev–Trinajstić information content (AvgIpc) is 0.776. The van der Waals surface area contributed by atoms with E-state index in [0.29, 0.717) is 6.42 Å². The quantitative estimate of drug-likeness (QED) is 0.0208. The zero-order chi connectivity index (χ0) is 100.0. The number of aliphatic hydroxyl groups excluding tert-OH is 5. The number of phosphoric ester groups is 2. The number of carbonyl (C=O) groups is 1. The smallest absolute Gasteiger partial charge is 0.394 e. The standard InChI is InChI=1S/C114H188FNO16P2/c1-84(2)42-23-43-85(3)44-24-45-86(4)46-25-47-87(5)48-26-49-88(6)50-27-51-89(7)52-28-53-90(8)54-29-55-91(9)56-30-57-92(10)58-31-59-93(11)60-32-61-94(12)62-33-63-95(13)64-34-65-96(14)66-35-67-97(15)68-36-69-98(16)70-37-71-99(17)72-38-73-100(18)74-39-75-101(19)76-40-77-102(20)78-41-79-103(21)80-81-127-133(123,124)132-134(125,126)131-113-107(115)110(121)112(106(83-118)129-113)130-114-108(116-104(22)119)111(122)109(120)105(82-117)128-114/h42,44,46,48,50,52,54,56,58,60,62,64,66,68,70,72,74,76,78,103,105-114,117-118,120-122H,23-41,43,45,47,49,51,53,55,57,59,61,63,65,67,69,71,73,75,77,79-83H2,1-22H3,(H,116,119)(H,123,124)(H,125,126)/b85-44+,86-46+,87-48+,88-50+,89-52+,90-54+,91-56+,92-58+,93-60+,94-62+,95-64+,96-66+,97-68+,98-70+,99-72+,100-74+,101-76+,102-78+/t103?,105-,106-,107-,108-,109-,110-,111-,112-,113-,114+/m1/s1. The van der Waals surface area contributed by atoms with Gasteiger partial charge in [0.2, 0.25) is 12.2 Å². The third-order valence-corrected chi connectivity index (χ3v) is 28.0. The van der Waals surface area contributed by atoms with Gasteiger partial charge in [-0.1, -0.05) is 228 Å². The lowest BCUT2D eigenvalue weighted by molar-refractivity contribution is -0.332. The number of rotatable bonds is 70. The molecule has 17 nitrogen and oxygen atoms in total. The monoisotopic (exact) mass is 1910 g/mol. The van der Waals surface area contributed by atoms with Crippen LogP contribution in [0.25, 0.3) is 0 Å². The third-order valence-electron chi connectivity index (χ3n) is 25.4. The van der Waals surface area contributed by atoms with Crippen molar-refractivity contribution in [3.8, 4) is 0 Å². The maximum Gasteiger partial charge on any atom is 0.483 e. The molecular weight excluding hydrogens is 1720 g/mol. The van der Waals surface area contributed by atoms with E-state index in [-0.39, 0.29) is 12.5 Å². The zero-order valence-corrected chi connectivity index (χ0v) is 89.4. The van der Waals surface area contributed by atoms with Crippen molar-refractivity contribution in [3.05, 3.63) is 221 Å². The number of hydrogen-bond acceptors (Lipinski definition) is 14. The molecule has 134 heavy (non-hydrogen) atoms. The number of allylic oxidation sites excluding steroid dienone is 38. The summed E-state index contributed by atoms with van der Waals surface area (Å²) in [6, 6.07) is -1.51. The number of ether oxygens (including phenoxy) is 3. The second-order valence-electron chi connectivity index (χ2n) is 39.5. The first-order valence-electron chi connectivity index (χ1n) is 50.8. The molecule has 3 unspecified atom stereocenters. The normalized spacial score (nSPS) is 22.5. The van der Waals surface area contributed by atoms with Crippen LogP contribution in [0.4, 0.5) is 4.39 Å². The number of amides is 1. The van der Waals surface area contributed by atoms with Gasteiger partial charge in [-0.3, -0.25) is 13.8 Å². The molecule has 0 bridgehead atoms. The summed E-state index contributed by atoms with van der Waals surface area (Å²) in [4.78, 5) is 32.5. The number of alkyl halides is 1. The van der Waals surface area contributed by atoms with Crippen molar-refractivity contribution in [2.75, 3.05) is 19.8 Å². The van der Waals surface area contributed by atoms with Crippen LogP contribution in [-0.4, -0.2) is 122 Å². The van der Waals surface area contributed by atoms with E-state index in [1.165, 1.54) is 125 Å².